The van der Waals surface area contributed by atoms with Gasteiger partial charge in [-0.1, -0.05) is 56.3 Å². The van der Waals surface area contributed by atoms with Gasteiger partial charge in [-0.2, -0.15) is 0 Å². The van der Waals surface area contributed by atoms with E-state index < -0.39 is 7.82 Å². The summed E-state index contributed by atoms with van der Waals surface area (Å²) in [6.45, 7) is 5.54. The van der Waals surface area contributed by atoms with Crippen molar-refractivity contribution in [3.8, 4) is 17.2 Å². The molecule has 0 saturated carbocycles. The molecule has 6 nitrogen and oxygen atoms in total. The summed E-state index contributed by atoms with van der Waals surface area (Å²) in [6.07, 6.45) is 1.61. The van der Waals surface area contributed by atoms with E-state index in [1.54, 1.807) is 54.6 Å². The second kappa shape index (κ2) is 11.0. The predicted molar refractivity (Wildman–Crippen MR) is 129 cm³/mol. The average molecular weight is 466 g/mol. The molecule has 0 radical (unpaired) electrons. The van der Waals surface area contributed by atoms with Crippen LogP contribution in [0.3, 0.4) is 0 Å². The summed E-state index contributed by atoms with van der Waals surface area (Å²) in [5.74, 6) is 0.641. The van der Waals surface area contributed by atoms with Gasteiger partial charge in [0.25, 0.3) is 0 Å². The number of rotatable bonds is 9. The smallest absolute Gasteiger partial charge is 0.427 e. The van der Waals surface area contributed by atoms with Crippen molar-refractivity contribution in [3.05, 3.63) is 90.0 Å². The molecule has 0 fully saturated rings. The monoisotopic (exact) mass is 466 g/mol. The highest BCUT2D eigenvalue weighted by atomic mass is 31.2. The molecule has 3 rings (SSSR count). The topological polar surface area (TPSA) is 82.1 Å². The van der Waals surface area contributed by atoms with Crippen LogP contribution < -0.4 is 13.8 Å². The van der Waals surface area contributed by atoms with Crippen molar-refractivity contribution < 1.29 is 28.0 Å². The van der Waals surface area contributed by atoms with Crippen LogP contribution in [0, 0.1) is 0 Å². The maximum atomic E-state index is 12.3. The van der Waals surface area contributed by atoms with Crippen molar-refractivity contribution in [3.63, 3.8) is 0 Å². The minimum atomic E-state index is -4.32. The molecule has 0 aliphatic heterocycles. The number of phosphoric ester groups is 1. The second-order valence-corrected chi connectivity index (χ2v) is 8.57. The number of ether oxygens (including phenoxy) is 1. The van der Waals surface area contributed by atoms with E-state index in [0.29, 0.717) is 5.75 Å². The van der Waals surface area contributed by atoms with Crippen LogP contribution in [0.1, 0.15) is 44.7 Å². The fraction of sp³-hybridized carbons (Fsp3) is 0.192. The Morgan fingerprint density at radius 1 is 0.727 bits per heavy atom. The number of para-hydroxylation sites is 1. The van der Waals surface area contributed by atoms with Gasteiger partial charge in [0.1, 0.15) is 17.2 Å². The van der Waals surface area contributed by atoms with Gasteiger partial charge in [-0.25, -0.2) is 4.57 Å². The number of carbonyl (C=O) groups excluding carboxylic acids is 1. The maximum Gasteiger partial charge on any atom is 0.584 e. The normalized spacial score (nSPS) is 13.5. The number of allylic oxidation sites excluding steroid dienone is 2. The number of hydrogen-bond donors (Lipinski definition) is 1. The van der Waals surface area contributed by atoms with E-state index in [1.807, 2.05) is 24.3 Å². The summed E-state index contributed by atoms with van der Waals surface area (Å²) in [6, 6.07) is 22.8. The van der Waals surface area contributed by atoms with Crippen molar-refractivity contribution in [2.24, 2.45) is 0 Å². The molecular formula is C26H27O6P. The van der Waals surface area contributed by atoms with E-state index in [1.165, 1.54) is 12.5 Å². The van der Waals surface area contributed by atoms with E-state index in [0.717, 1.165) is 29.5 Å². The summed E-state index contributed by atoms with van der Waals surface area (Å²) in [5.41, 5.74) is 4.35. The molecule has 0 amide bonds. The third-order valence-electron chi connectivity index (χ3n) is 4.92. The van der Waals surface area contributed by atoms with Crippen molar-refractivity contribution in [2.45, 2.75) is 33.6 Å². The molecule has 3 aromatic carbocycles. The van der Waals surface area contributed by atoms with E-state index in [2.05, 4.69) is 13.8 Å². The third kappa shape index (κ3) is 6.82. The zero-order chi connectivity index (χ0) is 23.8. The van der Waals surface area contributed by atoms with Crippen molar-refractivity contribution in [1.82, 2.24) is 0 Å². The Labute approximate surface area is 194 Å². The standard InChI is InChI=1S/C26H27O6P/c1-4-25(20-11-15-22(16-12-20)30-19(3)27)26(5-2)21-13-17-24(18-14-21)32-33(28,29)31-23-9-7-6-8-10-23/h6-18H,4-5H2,1-3H3,(H,28,29). The maximum absolute atomic E-state index is 12.3. The molecule has 0 bridgehead atoms. The lowest BCUT2D eigenvalue weighted by Gasteiger charge is -2.16. The Balaban J connectivity index is 1.81. The average Bonchev–Trinajstić information content (AvgIpc) is 2.78. The molecule has 1 unspecified atom stereocenters. The largest absolute Gasteiger partial charge is 0.584 e. The van der Waals surface area contributed by atoms with Crippen molar-refractivity contribution in [1.29, 1.82) is 0 Å². The molecule has 33 heavy (non-hydrogen) atoms. The molecule has 0 spiro atoms. The van der Waals surface area contributed by atoms with Gasteiger partial charge in [-0.05, 0) is 71.5 Å². The first-order chi connectivity index (χ1) is 15.8. The van der Waals surface area contributed by atoms with Crippen LogP contribution in [0.4, 0.5) is 0 Å². The van der Waals surface area contributed by atoms with Gasteiger partial charge in [-0.15, -0.1) is 0 Å². The minimum Gasteiger partial charge on any atom is -0.427 e. The van der Waals surface area contributed by atoms with E-state index in [-0.39, 0.29) is 17.5 Å². The number of carbonyl (C=O) groups is 1. The first-order valence-corrected chi connectivity index (χ1v) is 12.2. The van der Waals surface area contributed by atoms with Crippen LogP contribution in [0.5, 0.6) is 17.2 Å². The van der Waals surface area contributed by atoms with Gasteiger partial charge in [0.05, 0.1) is 0 Å². The third-order valence-corrected chi connectivity index (χ3v) is 5.81. The summed E-state index contributed by atoms with van der Waals surface area (Å²) in [5, 5.41) is 0. The van der Waals surface area contributed by atoms with E-state index >= 15 is 0 Å². The van der Waals surface area contributed by atoms with Crippen LogP contribution in [0.15, 0.2) is 78.9 Å². The van der Waals surface area contributed by atoms with Gasteiger partial charge in [-0.3, -0.25) is 9.69 Å². The SMILES string of the molecule is CCC(=C(CC)c1ccc(OP(=O)(O)Oc2ccccc2)cc1)c1ccc(OC(C)=O)cc1. The first kappa shape index (κ1) is 24.3. The predicted octanol–water partition coefficient (Wildman–Crippen LogP) is 6.90. The lowest BCUT2D eigenvalue weighted by atomic mass is 9.91. The highest BCUT2D eigenvalue weighted by Gasteiger charge is 2.25. The number of esters is 1. The van der Waals surface area contributed by atoms with Gasteiger partial charge >= 0.3 is 13.8 Å². The molecule has 0 saturated heterocycles. The zero-order valence-corrected chi connectivity index (χ0v) is 19.7. The molecule has 172 valence electrons. The summed E-state index contributed by atoms with van der Waals surface area (Å²) in [7, 11) is -4.32. The van der Waals surface area contributed by atoms with Gasteiger partial charge in [0.2, 0.25) is 0 Å². The fourth-order valence-electron chi connectivity index (χ4n) is 3.56. The van der Waals surface area contributed by atoms with Crippen LogP contribution in [0.2, 0.25) is 0 Å². The minimum absolute atomic E-state index is 0.236. The molecule has 3 aromatic rings. The van der Waals surface area contributed by atoms with Crippen molar-refractivity contribution in [2.75, 3.05) is 0 Å². The van der Waals surface area contributed by atoms with Crippen LogP contribution in [0.25, 0.3) is 11.1 Å². The number of hydrogen-bond acceptors (Lipinski definition) is 5. The zero-order valence-electron chi connectivity index (χ0n) is 18.9. The van der Waals surface area contributed by atoms with Gasteiger partial charge in [0, 0.05) is 6.92 Å². The molecule has 0 aliphatic carbocycles. The Bertz CT molecular complexity index is 1150. The molecule has 0 aliphatic rings. The molecule has 0 heterocycles. The second-order valence-electron chi connectivity index (χ2n) is 7.27. The van der Waals surface area contributed by atoms with E-state index in [4.69, 9.17) is 13.8 Å². The number of benzene rings is 3. The highest BCUT2D eigenvalue weighted by Crippen LogP contribution is 2.44. The molecular weight excluding hydrogens is 439 g/mol. The van der Waals surface area contributed by atoms with Gasteiger partial charge in [0.15, 0.2) is 0 Å². The van der Waals surface area contributed by atoms with Gasteiger partial charge < -0.3 is 13.8 Å². The van der Waals surface area contributed by atoms with Crippen LogP contribution >= 0.6 is 7.82 Å². The summed E-state index contributed by atoms with van der Waals surface area (Å²) >= 11 is 0. The molecule has 1 atom stereocenters. The fourth-order valence-corrected chi connectivity index (χ4v) is 4.37. The van der Waals surface area contributed by atoms with Crippen molar-refractivity contribution >= 4 is 24.9 Å². The lowest BCUT2D eigenvalue weighted by molar-refractivity contribution is -0.131. The Morgan fingerprint density at radius 2 is 1.15 bits per heavy atom. The molecule has 0 aromatic heterocycles. The lowest BCUT2D eigenvalue weighted by Crippen LogP contribution is -2.01. The Hall–Kier alpha value is -3.34. The number of phosphoric acid groups is 1. The van der Waals surface area contributed by atoms with Crippen LogP contribution in [-0.2, 0) is 9.36 Å². The highest BCUT2D eigenvalue weighted by molar-refractivity contribution is 7.48. The Kier molecular flexibility index (Phi) is 8.10. The molecule has 1 N–H and O–H groups in total. The quantitative estimate of drug-likeness (QED) is 0.160. The Morgan fingerprint density at radius 3 is 1.58 bits per heavy atom. The summed E-state index contributed by atoms with van der Waals surface area (Å²) < 4.78 is 27.8. The van der Waals surface area contributed by atoms with E-state index in [9.17, 15) is 14.3 Å². The molecule has 7 heteroatoms. The summed E-state index contributed by atoms with van der Waals surface area (Å²) in [4.78, 5) is 21.2. The van der Waals surface area contributed by atoms with Crippen LogP contribution in [-0.4, -0.2) is 10.9 Å². The first-order valence-electron chi connectivity index (χ1n) is 10.7.